The molecule has 3 saturated carbocycles. The number of fused-ring (bicyclic) bond motifs is 3. The summed E-state index contributed by atoms with van der Waals surface area (Å²) in [5.41, 5.74) is 21.3. The molecule has 6 aromatic heterocycles. The number of carboxylic acid groups (broad SMARTS) is 1. The van der Waals surface area contributed by atoms with E-state index in [1.54, 1.807) is 115 Å². The molecule has 3 fully saturated rings. The number of aromatic amines is 3. The van der Waals surface area contributed by atoms with E-state index >= 15 is 0 Å². The summed E-state index contributed by atoms with van der Waals surface area (Å²) in [4.78, 5) is 67.2. The van der Waals surface area contributed by atoms with E-state index in [2.05, 4.69) is 72.3 Å². The van der Waals surface area contributed by atoms with Gasteiger partial charge in [0.25, 0.3) is 11.8 Å². The van der Waals surface area contributed by atoms with Crippen molar-refractivity contribution in [3.63, 3.8) is 0 Å². The summed E-state index contributed by atoms with van der Waals surface area (Å²) in [5.74, 6) is -4.11. The summed E-state index contributed by atoms with van der Waals surface area (Å²) in [6.45, 7) is 16.8. The number of aromatic carboxylic acids is 1. The zero-order chi connectivity index (χ0) is 92.6. The first-order chi connectivity index (χ1) is 58.3. The number of nitrogens with two attached hydrogens (primary N) is 3. The van der Waals surface area contributed by atoms with Crippen molar-refractivity contribution in [2.24, 2.45) is 44.6 Å². The molecule has 6 atom stereocenters. The van der Waals surface area contributed by atoms with E-state index in [1.807, 2.05) is 68.5 Å². The number of aromatic nitrogens is 9. The summed E-state index contributed by atoms with van der Waals surface area (Å²) in [7, 11) is 5.60. The Morgan fingerprint density at radius 3 is 1.17 bits per heavy atom. The Morgan fingerprint density at radius 2 is 0.816 bits per heavy atom. The average Bonchev–Trinajstić information content (AvgIpc) is 1.58. The molecular formula is C85H84Cl7F7I2N16O8. The van der Waals surface area contributed by atoms with Crippen LogP contribution in [-0.4, -0.2) is 90.6 Å². The number of nitrogens with zero attached hydrogens (tertiary/aromatic N) is 6. The van der Waals surface area contributed by atoms with Gasteiger partial charge in [0.1, 0.15) is 39.9 Å². The number of carbonyl (C=O) groups is 5. The van der Waals surface area contributed by atoms with E-state index in [-0.39, 0.29) is 67.2 Å². The molecule has 0 saturated heterocycles. The lowest BCUT2D eigenvalue weighted by atomic mass is 10.1. The van der Waals surface area contributed by atoms with Crippen molar-refractivity contribution in [1.82, 2.24) is 54.9 Å². The molecule has 0 bridgehead atoms. The number of H-pyrrole nitrogens is 3. The van der Waals surface area contributed by atoms with Crippen LogP contribution in [0.25, 0.3) is 32.7 Å². The van der Waals surface area contributed by atoms with Crippen molar-refractivity contribution < 1.29 is 69.3 Å². The van der Waals surface area contributed by atoms with Gasteiger partial charge in [0.2, 0.25) is 0 Å². The third-order valence-corrected chi connectivity index (χ3v) is 23.6. The lowest BCUT2D eigenvalue weighted by Gasteiger charge is -2.20. The number of rotatable bonds is 10. The van der Waals surface area contributed by atoms with Crippen LogP contribution in [0.4, 0.5) is 63.1 Å². The first kappa shape index (κ1) is 99.1. The van der Waals surface area contributed by atoms with Crippen molar-refractivity contribution in [2.75, 3.05) is 22.1 Å². The number of carboxylic acids is 1. The van der Waals surface area contributed by atoms with Crippen LogP contribution in [0.1, 0.15) is 130 Å². The van der Waals surface area contributed by atoms with Crippen molar-refractivity contribution in [3.05, 3.63) is 269 Å². The zero-order valence-corrected chi connectivity index (χ0v) is 78.2. The molecule has 6 heterocycles. The molecule has 125 heavy (non-hydrogen) atoms. The molecule has 0 unspecified atom stereocenters. The molecular weight excluding hydrogens is 2010 g/mol. The largest absolute Gasteiger partial charge is 0.477 e. The molecule has 7 aromatic carbocycles. The van der Waals surface area contributed by atoms with Gasteiger partial charge < -0.3 is 57.4 Å². The second kappa shape index (κ2) is 40.9. The van der Waals surface area contributed by atoms with Gasteiger partial charge in [0.05, 0.1) is 77.7 Å². The highest BCUT2D eigenvalue weighted by atomic mass is 127. The monoisotopic (exact) mass is 2090 g/mol. The van der Waals surface area contributed by atoms with Crippen LogP contribution < -0.4 is 38.5 Å². The van der Waals surface area contributed by atoms with Crippen LogP contribution >= 0.6 is 126 Å². The lowest BCUT2D eigenvalue weighted by Crippen LogP contribution is -2.36. The van der Waals surface area contributed by atoms with Crippen molar-refractivity contribution in [1.29, 1.82) is 0 Å². The molecule has 0 radical (unpaired) electrons. The maximum absolute atomic E-state index is 14.1. The van der Waals surface area contributed by atoms with E-state index in [0.29, 0.717) is 82.8 Å². The van der Waals surface area contributed by atoms with Gasteiger partial charge in [-0.1, -0.05) is 102 Å². The fourth-order valence-corrected chi connectivity index (χ4v) is 14.8. The maximum Gasteiger partial charge on any atom is 0.412 e. The summed E-state index contributed by atoms with van der Waals surface area (Å²) in [6, 6.07) is 27.5. The Morgan fingerprint density at radius 1 is 0.472 bits per heavy atom. The number of benzene rings is 7. The predicted octanol–water partition coefficient (Wildman–Crippen LogP) is 23.0. The van der Waals surface area contributed by atoms with E-state index in [1.165, 1.54) is 90.5 Å². The summed E-state index contributed by atoms with van der Waals surface area (Å²) in [6.07, 6.45) is 12.8. The number of aryl methyl sites for hydroxylation is 3. The fourth-order valence-electron chi connectivity index (χ4n) is 12.4. The highest BCUT2D eigenvalue weighted by molar-refractivity contribution is 14.1. The first-order valence-corrected chi connectivity index (χ1v) is 42.4. The van der Waals surface area contributed by atoms with Gasteiger partial charge in [-0.2, -0.15) is 15.3 Å². The second-order valence-corrected chi connectivity index (χ2v) is 36.3. The van der Waals surface area contributed by atoms with Gasteiger partial charge >= 0.3 is 18.2 Å². The third-order valence-electron chi connectivity index (χ3n) is 19.4. The summed E-state index contributed by atoms with van der Waals surface area (Å²) < 4.78 is 109. The molecule has 0 spiro atoms. The van der Waals surface area contributed by atoms with Gasteiger partial charge in [-0.15, -0.1) is 0 Å². The molecule has 14 N–H and O–H groups in total. The number of anilines is 4. The smallest absolute Gasteiger partial charge is 0.412 e. The number of hydrogen-bond donors (Lipinski definition) is 11. The minimum atomic E-state index is -1.13. The SMILES string of the molecule is CC(C)(C)OC(=O)Nc1ccc(Cl)c(F)c1.CC(C)(C)OC(=O)Nc1ccc(Cl)c(F)c1I.C[C@H]1C[C@@]1(N)c1cnn(C)c1.C[C@H]1C[C@@]1(NC(=O)c1cc2c(F)c(Cl)ccc2[nH]1)c1cnn(C)c1.C[C@H]1C[C@@]1(NC(=O)c1cc2c(F)c(Cl)ccc2[nH]1)c1cnn(C)c1.Nc1ccc(Cl)c(F)c1.Nc1ccc(Cl)c(F)c1I.O=C(O)c1cc2c(F)c(Cl)ccc2[nH]1. The number of halogens is 16. The van der Waals surface area contributed by atoms with Gasteiger partial charge in [0, 0.05) is 112 Å². The Labute approximate surface area is 775 Å². The minimum absolute atomic E-state index is 0.00902. The van der Waals surface area contributed by atoms with Crippen molar-refractivity contribution in [2.45, 2.75) is 109 Å². The molecule has 0 aliphatic heterocycles. The number of nitrogen functional groups attached to an aromatic ring is 2. The van der Waals surface area contributed by atoms with Crippen LogP contribution in [0.3, 0.4) is 0 Å². The number of amides is 4. The molecule has 16 rings (SSSR count). The Balaban J connectivity index is 0.000000165. The third kappa shape index (κ3) is 25.6. The highest BCUT2D eigenvalue weighted by Gasteiger charge is 2.56. The van der Waals surface area contributed by atoms with Gasteiger partial charge in [-0.3, -0.25) is 34.3 Å². The number of hydrogen-bond acceptors (Lipinski definition) is 13. The Bertz CT molecular complexity index is 6000. The van der Waals surface area contributed by atoms with Gasteiger partial charge in [-0.25, -0.2) is 45.1 Å². The zero-order valence-electron chi connectivity index (χ0n) is 68.6. The van der Waals surface area contributed by atoms with Crippen LogP contribution in [0, 0.1) is 65.6 Å². The van der Waals surface area contributed by atoms with Crippen LogP contribution in [0.2, 0.25) is 35.2 Å². The lowest BCUT2D eigenvalue weighted by molar-refractivity contribution is 0.0624. The maximum atomic E-state index is 14.1. The fraction of sp³-hybridized carbons (Fsp3) is 0.271. The number of carbonyl (C=O) groups excluding carboxylic acids is 4. The second-order valence-electron chi connectivity index (χ2n) is 31.3. The molecule has 40 heteroatoms. The van der Waals surface area contributed by atoms with Crippen molar-refractivity contribution in [3.8, 4) is 0 Å². The molecule has 24 nitrogen and oxygen atoms in total. The quantitative estimate of drug-likeness (QED) is 0.0262. The van der Waals surface area contributed by atoms with Crippen LogP contribution in [0.5, 0.6) is 0 Å². The predicted molar refractivity (Wildman–Crippen MR) is 491 cm³/mol. The van der Waals surface area contributed by atoms with Crippen LogP contribution in [0.15, 0.2) is 152 Å². The van der Waals surface area contributed by atoms with E-state index < -0.39 is 81.2 Å². The Kier molecular flexibility index (Phi) is 32.5. The number of nitrogens with one attached hydrogen (secondary N) is 7. The van der Waals surface area contributed by atoms with E-state index in [9.17, 15) is 54.7 Å². The van der Waals surface area contributed by atoms with Crippen LogP contribution in [-0.2, 0) is 47.2 Å². The highest BCUT2D eigenvalue weighted by Crippen LogP contribution is 2.53. The minimum Gasteiger partial charge on any atom is -0.477 e. The first-order valence-electron chi connectivity index (χ1n) is 37.6. The van der Waals surface area contributed by atoms with E-state index in [4.69, 9.17) is 113 Å². The Hall–Kier alpha value is -9.70. The summed E-state index contributed by atoms with van der Waals surface area (Å²) >= 11 is 42.6. The summed E-state index contributed by atoms with van der Waals surface area (Å²) in [5, 5.41) is 33.3. The standard InChI is InChI=1S/2C17H16ClFN4O.C11H12ClFINO2.C11H13ClFNO2.C9H5ClFNO2.C8H13N3.C6H4ClFIN.C6H5ClFN/c2*1-9-6-17(9,10-7-20-23(2)8-10)22-16(24)14-5-11-13(21-14)4-3-12(18)15(11)19;1-11(2,3)17-10(16)15-7-5-4-6(12)8(13)9(7)14;1-11(2,3)16-10(15)14-7-4-5-8(12)9(13)6-7;10-5-1-2-6-4(8(5)11)3-7(12-6)9(13)14;1-6-3-8(6,9)7-4-10-11(2)5-7;7-3-1-2-4(10)6(9)5(3)8;7-5-2-1-4(9)3-6(5)8/h2*3-5,7-9,21H,6H2,1-2H3,(H,22,24);4-5H,1-3H3,(H,15,16);4-6H,1-3H3,(H,14,15);1-3,12H,(H,13,14);4-6H,3,9H2,1-2H3;1-2H,10H2;1-3H,9H2/t2*9-,17-;;;;6-,8-;;/m00...0../s1. The average molecular weight is 2090 g/mol. The normalized spacial score (nSPS) is 17.5. The molecule has 664 valence electrons. The van der Waals surface area contributed by atoms with Gasteiger partial charge in [-0.05, 0) is 239 Å². The topological polar surface area (TPSA) is 351 Å². The molecule has 4 amide bonds. The molecule has 13 aromatic rings. The van der Waals surface area contributed by atoms with Crippen molar-refractivity contribution >= 4 is 212 Å². The molecule has 3 aliphatic rings. The molecule has 3 aliphatic carbocycles. The van der Waals surface area contributed by atoms with E-state index in [0.717, 1.165) is 36.5 Å². The van der Waals surface area contributed by atoms with Gasteiger partial charge in [0.15, 0.2) is 29.1 Å². The number of ether oxygens (including phenoxy) is 2.